The highest BCUT2D eigenvalue weighted by atomic mass is 32.2. The molecule has 9 heteroatoms. The molecule has 4 unspecified atom stereocenters. The first-order valence-corrected chi connectivity index (χ1v) is 13.7. The largest absolute Gasteiger partial charge is 0.387 e. The molecule has 0 spiro atoms. The van der Waals surface area contributed by atoms with E-state index in [1.54, 1.807) is 4.90 Å². The molecule has 5 atom stereocenters. The number of carbonyl (C=O) groups is 1. The third-order valence-corrected chi connectivity index (χ3v) is 10.4. The Balaban J connectivity index is 1.50. The molecule has 31 heavy (non-hydrogen) atoms. The third kappa shape index (κ3) is 4.92. The number of carbonyl (C=O) groups excluding carboxylic acids is 1. The molecule has 2 saturated carbocycles. The van der Waals surface area contributed by atoms with Crippen LogP contribution < -0.4 is 5.73 Å². The van der Waals surface area contributed by atoms with E-state index >= 15 is 0 Å². The summed E-state index contributed by atoms with van der Waals surface area (Å²) in [6.45, 7) is 0.930. The third-order valence-electron chi connectivity index (χ3n) is 8.17. The maximum absolute atomic E-state index is 13.7. The van der Waals surface area contributed by atoms with E-state index in [1.807, 2.05) is 0 Å². The number of nitrogens with one attached hydrogen (secondary N) is 1. The minimum absolute atomic E-state index is 0.00503. The van der Waals surface area contributed by atoms with Crippen LogP contribution in [0, 0.1) is 17.2 Å². The molecule has 7 nitrogen and oxygen atoms in total. The topological polar surface area (TPSA) is 108 Å². The van der Waals surface area contributed by atoms with Crippen molar-refractivity contribution < 1.29 is 17.6 Å². The number of likely N-dealkylation sites (tertiary alicyclic amines) is 2. The zero-order chi connectivity index (χ0) is 22.2. The Morgan fingerprint density at radius 1 is 1.06 bits per heavy atom. The van der Waals surface area contributed by atoms with Crippen molar-refractivity contribution in [1.82, 2.24) is 9.80 Å². The zero-order valence-electron chi connectivity index (χ0n) is 18.3. The number of hydrogen-bond donors (Lipinski definition) is 2. The molecule has 0 aromatic carbocycles. The molecular formula is C22H37FN4O3S. The molecule has 0 aromatic heterocycles. The van der Waals surface area contributed by atoms with E-state index in [-0.39, 0.29) is 47.3 Å². The Hall–Kier alpha value is -1.22. The summed E-state index contributed by atoms with van der Waals surface area (Å²) in [5.41, 5.74) is 5.80. The quantitative estimate of drug-likeness (QED) is 0.470. The molecule has 4 rings (SSSR count). The van der Waals surface area contributed by atoms with Crippen LogP contribution in [0.25, 0.3) is 0 Å². The van der Waals surface area contributed by atoms with Crippen LogP contribution in [-0.2, 0) is 14.6 Å². The van der Waals surface area contributed by atoms with E-state index in [9.17, 15) is 17.6 Å². The molecule has 0 aromatic rings. The average Bonchev–Trinajstić information content (AvgIpc) is 3.35. The minimum atomic E-state index is -3.21. The van der Waals surface area contributed by atoms with E-state index in [1.165, 1.54) is 0 Å². The molecule has 0 radical (unpaired) electrons. The highest BCUT2D eigenvalue weighted by molar-refractivity contribution is 7.92. The van der Waals surface area contributed by atoms with Crippen molar-refractivity contribution in [3.05, 3.63) is 0 Å². The molecule has 4 fully saturated rings. The Morgan fingerprint density at radius 3 is 2.45 bits per heavy atom. The number of hydrogen-bond acceptors (Lipinski definition) is 5. The van der Waals surface area contributed by atoms with Crippen molar-refractivity contribution in [2.45, 2.75) is 87.7 Å². The fourth-order valence-corrected chi connectivity index (χ4v) is 8.19. The number of amides is 1. The molecule has 1 amide bonds. The Morgan fingerprint density at radius 2 is 1.81 bits per heavy atom. The van der Waals surface area contributed by atoms with E-state index in [4.69, 9.17) is 11.1 Å². The van der Waals surface area contributed by atoms with Crippen molar-refractivity contribution >= 4 is 21.6 Å². The first-order valence-electron chi connectivity index (χ1n) is 12.0. The van der Waals surface area contributed by atoms with E-state index in [0.29, 0.717) is 38.3 Å². The summed E-state index contributed by atoms with van der Waals surface area (Å²) in [5.74, 6) is 0.508. The normalized spacial score (nSPS) is 35.3. The summed E-state index contributed by atoms with van der Waals surface area (Å²) < 4.78 is 39.8. The zero-order valence-corrected chi connectivity index (χ0v) is 19.2. The van der Waals surface area contributed by atoms with Crippen LogP contribution in [0.4, 0.5) is 4.39 Å². The van der Waals surface area contributed by atoms with Crippen molar-refractivity contribution in [1.29, 1.82) is 5.41 Å². The van der Waals surface area contributed by atoms with Crippen LogP contribution in [-0.4, -0.2) is 78.9 Å². The van der Waals surface area contributed by atoms with Gasteiger partial charge in [-0.25, -0.2) is 12.8 Å². The smallest absolute Gasteiger partial charge is 0.240 e. The molecule has 176 valence electrons. The number of amidine groups is 1. The lowest BCUT2D eigenvalue weighted by Crippen LogP contribution is -2.50. The van der Waals surface area contributed by atoms with E-state index in [0.717, 1.165) is 44.9 Å². The first kappa shape index (κ1) is 23.0. The van der Waals surface area contributed by atoms with Gasteiger partial charge in [-0.15, -0.1) is 0 Å². The summed E-state index contributed by atoms with van der Waals surface area (Å²) >= 11 is 0. The van der Waals surface area contributed by atoms with Gasteiger partial charge in [-0.05, 0) is 50.9 Å². The summed E-state index contributed by atoms with van der Waals surface area (Å²) in [6, 6.07) is -0.311. The second kappa shape index (κ2) is 9.33. The lowest BCUT2D eigenvalue weighted by molar-refractivity contribution is -0.135. The highest BCUT2D eigenvalue weighted by Crippen LogP contribution is 2.42. The maximum Gasteiger partial charge on any atom is 0.240 e. The van der Waals surface area contributed by atoms with Crippen molar-refractivity contribution in [3.8, 4) is 0 Å². The van der Waals surface area contributed by atoms with Crippen LogP contribution in [0.3, 0.4) is 0 Å². The van der Waals surface area contributed by atoms with Gasteiger partial charge in [0.25, 0.3) is 0 Å². The number of halogens is 1. The predicted molar refractivity (Wildman–Crippen MR) is 118 cm³/mol. The van der Waals surface area contributed by atoms with Crippen LogP contribution in [0.1, 0.15) is 64.2 Å². The van der Waals surface area contributed by atoms with Crippen LogP contribution in [0.2, 0.25) is 0 Å². The van der Waals surface area contributed by atoms with Crippen molar-refractivity contribution in [3.63, 3.8) is 0 Å². The maximum atomic E-state index is 13.7. The molecule has 3 N–H and O–H groups in total. The van der Waals surface area contributed by atoms with Crippen molar-refractivity contribution in [2.24, 2.45) is 17.6 Å². The number of nitrogens with zero attached hydrogens (tertiary/aromatic N) is 2. The SMILES string of the molecule is N=C(N)C1CCC2CC(C(=O)N3CC[C@@H](F)C3)N(CCS(=O)(=O)C3CCCCC3)C2C1. The molecule has 2 saturated heterocycles. The van der Waals surface area contributed by atoms with Gasteiger partial charge < -0.3 is 10.6 Å². The Labute approximate surface area is 185 Å². The fraction of sp³-hybridized carbons (Fsp3) is 0.909. The van der Waals surface area contributed by atoms with Crippen LogP contribution in [0.5, 0.6) is 0 Å². The summed E-state index contributed by atoms with van der Waals surface area (Å²) in [6.07, 6.45) is 7.11. The van der Waals surface area contributed by atoms with Crippen molar-refractivity contribution in [2.75, 3.05) is 25.4 Å². The number of alkyl halides is 1. The van der Waals surface area contributed by atoms with Gasteiger partial charge in [0.15, 0.2) is 9.84 Å². The number of sulfone groups is 1. The van der Waals surface area contributed by atoms with E-state index in [2.05, 4.69) is 4.90 Å². The number of rotatable bonds is 6. The van der Waals surface area contributed by atoms with E-state index < -0.39 is 16.0 Å². The number of nitrogens with two attached hydrogens (primary N) is 1. The summed E-state index contributed by atoms with van der Waals surface area (Å²) in [4.78, 5) is 17.0. The van der Waals surface area contributed by atoms with Crippen LogP contribution >= 0.6 is 0 Å². The minimum Gasteiger partial charge on any atom is -0.387 e. The van der Waals surface area contributed by atoms with Gasteiger partial charge >= 0.3 is 0 Å². The molecule has 2 heterocycles. The van der Waals surface area contributed by atoms with Gasteiger partial charge in [-0.1, -0.05) is 19.3 Å². The second-order valence-corrected chi connectivity index (χ2v) is 12.5. The Bertz CT molecular complexity index is 786. The molecule has 4 aliphatic rings. The lowest BCUT2D eigenvalue weighted by Gasteiger charge is -2.37. The molecular weight excluding hydrogens is 419 g/mol. The molecule has 2 aliphatic carbocycles. The number of fused-ring (bicyclic) bond motifs is 1. The average molecular weight is 457 g/mol. The van der Waals surface area contributed by atoms with Gasteiger partial charge in [0, 0.05) is 25.0 Å². The second-order valence-electron chi connectivity index (χ2n) is 10.1. The summed E-state index contributed by atoms with van der Waals surface area (Å²) in [7, 11) is -3.21. The lowest BCUT2D eigenvalue weighted by atomic mass is 9.78. The fourth-order valence-electron chi connectivity index (χ4n) is 6.34. The summed E-state index contributed by atoms with van der Waals surface area (Å²) in [5, 5.41) is 7.63. The van der Waals surface area contributed by atoms with Gasteiger partial charge in [-0.2, -0.15) is 0 Å². The van der Waals surface area contributed by atoms with Gasteiger partial charge in [0.2, 0.25) is 5.91 Å². The van der Waals surface area contributed by atoms with Gasteiger partial charge in [0.05, 0.1) is 29.4 Å². The monoisotopic (exact) mass is 456 g/mol. The van der Waals surface area contributed by atoms with Gasteiger partial charge in [-0.3, -0.25) is 15.1 Å². The standard InChI is InChI=1S/C22H37FN4O3S/c23-17-8-9-26(14-17)22(28)20-12-15-6-7-16(21(24)25)13-19(15)27(20)10-11-31(29,30)18-4-2-1-3-5-18/h15-20H,1-14H2,(H3,24,25)/t15?,16?,17-,19?,20?/m1/s1. The Kier molecular flexibility index (Phi) is 6.91. The molecule has 0 bridgehead atoms. The first-order chi connectivity index (χ1) is 14.8. The van der Waals surface area contributed by atoms with Gasteiger partial charge in [0.1, 0.15) is 6.17 Å². The molecule has 2 aliphatic heterocycles. The highest BCUT2D eigenvalue weighted by Gasteiger charge is 2.49. The van der Waals surface area contributed by atoms with Crippen LogP contribution in [0.15, 0.2) is 0 Å². The predicted octanol–water partition coefficient (Wildman–Crippen LogP) is 2.10.